The van der Waals surface area contributed by atoms with E-state index in [-0.39, 0.29) is 5.75 Å². The summed E-state index contributed by atoms with van der Waals surface area (Å²) in [6.45, 7) is 3.85. The van der Waals surface area contributed by atoms with Crippen LogP contribution >= 0.6 is 40.4 Å². The average Bonchev–Trinajstić information content (AvgIpc) is 2.26. The second-order valence-electron chi connectivity index (χ2n) is 3.92. The summed E-state index contributed by atoms with van der Waals surface area (Å²) in [5, 5.41) is 9.19. The van der Waals surface area contributed by atoms with Gasteiger partial charge in [-0.25, -0.2) is 4.42 Å². The maximum atomic E-state index is 9.19. The minimum atomic E-state index is -2.61. The number of rotatable bonds is 1. The van der Waals surface area contributed by atoms with Crippen molar-refractivity contribution < 1.29 is 18.7 Å². The van der Waals surface area contributed by atoms with E-state index in [9.17, 15) is 5.11 Å². The molecule has 0 aliphatic carbocycles. The Bertz CT molecular complexity index is 541. The van der Waals surface area contributed by atoms with Gasteiger partial charge in [0.25, 0.3) is 0 Å². The van der Waals surface area contributed by atoms with Crippen LogP contribution < -0.4 is 0 Å². The number of hydrogen-bond acceptors (Lipinski definition) is 1. The molecule has 0 amide bonds. The van der Waals surface area contributed by atoms with Gasteiger partial charge in [0.05, 0.1) is 13.8 Å². The molecule has 0 atom stereocenters. The summed E-state index contributed by atoms with van der Waals surface area (Å²) in [6, 6.07) is 11.1. The van der Waals surface area contributed by atoms with Crippen LogP contribution in [0, 0.1) is 13.8 Å². The first-order valence-electron chi connectivity index (χ1n) is 5.39. The Morgan fingerprint density at radius 1 is 0.850 bits per heavy atom. The van der Waals surface area contributed by atoms with Gasteiger partial charge in [-0.2, -0.15) is 0 Å². The van der Waals surface area contributed by atoms with Crippen molar-refractivity contribution >= 4 is 40.4 Å². The fraction of sp³-hybridized carbons (Fsp3) is 0.154. The first-order valence-corrected chi connectivity index (χ1v) is 11.5. The second-order valence-corrected chi connectivity index (χ2v) is 14.9. The molecular formula is C13H13Cl4FeO2. The van der Waals surface area contributed by atoms with Crippen molar-refractivity contribution in [3.05, 3.63) is 47.9 Å². The first kappa shape index (κ1) is 17.9. The van der Waals surface area contributed by atoms with Gasteiger partial charge in [-0.15, -0.1) is 0 Å². The molecule has 1 aromatic heterocycles. The van der Waals surface area contributed by atoms with E-state index in [2.05, 4.69) is 0 Å². The van der Waals surface area contributed by atoms with Gasteiger partial charge in [-0.1, -0.05) is 12.1 Å². The molecule has 1 heterocycles. The van der Waals surface area contributed by atoms with Crippen LogP contribution in [0.25, 0.3) is 11.1 Å². The average molecular weight is 399 g/mol. The molecule has 7 heteroatoms. The molecule has 1 aromatic carbocycles. The van der Waals surface area contributed by atoms with Crippen molar-refractivity contribution in [3.8, 4) is 16.9 Å². The van der Waals surface area contributed by atoms with Gasteiger partial charge < -0.3 is 5.11 Å². The molecule has 0 aliphatic heterocycles. The van der Waals surface area contributed by atoms with Crippen LogP contribution in [0.1, 0.15) is 11.5 Å². The molecule has 2 aromatic rings. The fourth-order valence-corrected chi connectivity index (χ4v) is 1.61. The van der Waals surface area contributed by atoms with E-state index < -0.39 is 9.20 Å². The molecule has 0 saturated heterocycles. The maximum absolute atomic E-state index is 9.19. The topological polar surface area (TPSA) is 31.5 Å². The van der Waals surface area contributed by atoms with E-state index in [0.717, 1.165) is 22.6 Å². The van der Waals surface area contributed by atoms with Gasteiger partial charge in [-0.05, 0) is 23.3 Å². The third-order valence-corrected chi connectivity index (χ3v) is 2.24. The molecule has 0 aliphatic rings. The molecule has 0 saturated carbocycles. The van der Waals surface area contributed by atoms with Crippen molar-refractivity contribution in [2.24, 2.45) is 0 Å². The standard InChI is InChI=1S/C13H12O2.4ClH.Fe/c1-9-7-12(8-10(2)15-9)11-3-5-13(14)6-4-11;;;;;/h3-8H,1-2H3;4*1H;/q;;;;;+3/p-3. The molecule has 113 valence electrons. The van der Waals surface area contributed by atoms with Gasteiger partial charge in [0.1, 0.15) is 5.75 Å². The molecule has 1 N–H and O–H groups in total. The van der Waals surface area contributed by atoms with Gasteiger partial charge >= 0.3 is 61.1 Å². The Morgan fingerprint density at radius 3 is 1.65 bits per heavy atom. The van der Waals surface area contributed by atoms with E-state index >= 15 is 0 Å². The molecule has 0 bridgehead atoms. The van der Waals surface area contributed by atoms with Gasteiger partial charge in [0, 0.05) is 12.1 Å². The quantitative estimate of drug-likeness (QED) is 0.451. The zero-order chi connectivity index (χ0) is 15.3. The molecular weight excluding hydrogens is 386 g/mol. The monoisotopic (exact) mass is 397 g/mol. The second kappa shape index (κ2) is 7.74. The summed E-state index contributed by atoms with van der Waals surface area (Å²) in [5.74, 6) is 2.06. The zero-order valence-corrected chi connectivity index (χ0v) is 14.8. The molecule has 2 rings (SSSR count). The van der Waals surface area contributed by atoms with Crippen LogP contribution in [0.5, 0.6) is 5.75 Å². The van der Waals surface area contributed by atoms with E-state index in [1.165, 1.54) is 0 Å². The Hall–Kier alpha value is -0.151. The van der Waals surface area contributed by atoms with Crippen molar-refractivity contribution in [1.29, 1.82) is 0 Å². The van der Waals surface area contributed by atoms with Crippen molar-refractivity contribution in [3.63, 3.8) is 0 Å². The summed E-state index contributed by atoms with van der Waals surface area (Å²) >= 11 is 0. The normalized spacial score (nSPS) is 11.5. The van der Waals surface area contributed by atoms with Crippen LogP contribution in [0.3, 0.4) is 0 Å². The molecule has 20 heavy (non-hydrogen) atoms. The van der Waals surface area contributed by atoms with Crippen LogP contribution in [0.15, 0.2) is 40.8 Å². The van der Waals surface area contributed by atoms with E-state index in [1.807, 2.05) is 38.1 Å². The zero-order valence-electron chi connectivity index (χ0n) is 10.7. The third kappa shape index (κ3) is 7.58. The minimum absolute atomic E-state index is 0.285. The van der Waals surface area contributed by atoms with Crippen LogP contribution in [-0.4, -0.2) is 5.11 Å². The Labute approximate surface area is 137 Å². The Morgan fingerprint density at radius 2 is 1.25 bits per heavy atom. The van der Waals surface area contributed by atoms with Crippen molar-refractivity contribution in [2.45, 2.75) is 13.8 Å². The molecule has 2 nitrogen and oxygen atoms in total. The summed E-state index contributed by atoms with van der Waals surface area (Å²) in [7, 11) is 17.2. The van der Waals surface area contributed by atoms with Gasteiger partial charge in [-0.3, -0.25) is 0 Å². The number of aryl methyl sites for hydroxylation is 2. The number of hydrogen-bond donors (Lipinski definition) is 1. The third-order valence-electron chi connectivity index (χ3n) is 2.24. The van der Waals surface area contributed by atoms with E-state index in [4.69, 9.17) is 44.8 Å². The SMILES string of the molecule is Cc1cc(-c2ccc(O)cc2)cc(C)[o+]1.[Cl][Fe-]([Cl])([Cl])[Cl]. The number of phenols is 1. The summed E-state index contributed by atoms with van der Waals surface area (Å²) in [4.78, 5) is 0. The van der Waals surface area contributed by atoms with E-state index in [1.54, 1.807) is 12.1 Å². The predicted molar refractivity (Wildman–Crippen MR) is 83.1 cm³/mol. The van der Waals surface area contributed by atoms with E-state index in [0.29, 0.717) is 0 Å². The summed E-state index contributed by atoms with van der Waals surface area (Å²) < 4.78 is 5.41. The predicted octanol–water partition coefficient (Wildman–Crippen LogP) is 6.31. The number of halogens is 4. The fourth-order valence-electron chi connectivity index (χ4n) is 1.61. The molecule has 0 unspecified atom stereocenters. The number of phenolic OH excluding ortho intramolecular Hbond substituents is 1. The summed E-state index contributed by atoms with van der Waals surface area (Å²) in [5.41, 5.74) is 2.19. The Balaban J connectivity index is 0.000000347. The first-order chi connectivity index (χ1) is 9.15. The van der Waals surface area contributed by atoms with Crippen molar-refractivity contribution in [1.82, 2.24) is 0 Å². The molecule has 0 fully saturated rings. The molecule has 0 radical (unpaired) electrons. The number of benzene rings is 1. The molecule has 0 spiro atoms. The number of aromatic hydroxyl groups is 1. The van der Waals surface area contributed by atoms with Gasteiger partial charge in [0.15, 0.2) is 0 Å². The van der Waals surface area contributed by atoms with Gasteiger partial charge in [0.2, 0.25) is 0 Å². The van der Waals surface area contributed by atoms with Crippen LogP contribution in [-0.2, 0) is 9.20 Å². The van der Waals surface area contributed by atoms with Crippen molar-refractivity contribution in [2.75, 3.05) is 0 Å². The Kier molecular flexibility index (Phi) is 6.93. The van der Waals surface area contributed by atoms with Crippen LogP contribution in [0.2, 0.25) is 0 Å². The summed E-state index contributed by atoms with van der Waals surface area (Å²) in [6.07, 6.45) is 0. The van der Waals surface area contributed by atoms with Crippen LogP contribution in [0.4, 0.5) is 0 Å².